The summed E-state index contributed by atoms with van der Waals surface area (Å²) in [4.78, 5) is 9.81. The van der Waals surface area contributed by atoms with Gasteiger partial charge in [-0.25, -0.2) is 19.0 Å². The third kappa shape index (κ3) is 6.68. The number of benzene rings is 4. The molecule has 0 atom stereocenters. The lowest BCUT2D eigenvalue weighted by Gasteiger charge is -2.43. The summed E-state index contributed by atoms with van der Waals surface area (Å²) in [5, 5.41) is 8.38. The van der Waals surface area contributed by atoms with Crippen LogP contribution in [0.25, 0.3) is 39.4 Å². The first-order valence-corrected chi connectivity index (χ1v) is 19.2. The number of halogens is 1. The van der Waals surface area contributed by atoms with E-state index < -0.39 is 8.32 Å². The highest BCUT2D eigenvalue weighted by Crippen LogP contribution is 2.37. The predicted molar refractivity (Wildman–Crippen MR) is 204 cm³/mol. The number of aryl methyl sites for hydroxylation is 1. The van der Waals surface area contributed by atoms with E-state index in [1.54, 1.807) is 25.4 Å². The van der Waals surface area contributed by atoms with Gasteiger partial charge in [0.25, 0.3) is 8.32 Å². The fraction of sp³-hybridized carbons (Fsp3) is 0.214. The summed E-state index contributed by atoms with van der Waals surface area (Å²) in [7, 11) is -0.995. The molecular weight excluding hydrogens is 654 g/mol. The number of fused-ring (bicyclic) bond motifs is 1. The monoisotopic (exact) mass is 695 g/mol. The van der Waals surface area contributed by atoms with E-state index in [0.717, 1.165) is 40.0 Å². The molecule has 7 nitrogen and oxygen atoms in total. The molecular formula is C42H42FN5O2Si. The Morgan fingerprint density at radius 2 is 1.39 bits per heavy atom. The topological polar surface area (TPSA) is 67.0 Å². The zero-order valence-electron chi connectivity index (χ0n) is 29.5. The van der Waals surface area contributed by atoms with Gasteiger partial charge in [0.2, 0.25) is 0 Å². The lowest BCUT2D eigenvalue weighted by molar-refractivity contribution is 0.135. The molecule has 3 aromatic heterocycles. The Labute approximate surface area is 299 Å². The highest BCUT2D eigenvalue weighted by Gasteiger charge is 2.50. The van der Waals surface area contributed by atoms with Crippen LogP contribution in [0.2, 0.25) is 5.04 Å². The van der Waals surface area contributed by atoms with Gasteiger partial charge in [0.05, 0.1) is 11.4 Å². The van der Waals surface area contributed by atoms with Gasteiger partial charge in [0.15, 0.2) is 11.6 Å². The van der Waals surface area contributed by atoms with Crippen LogP contribution in [0.15, 0.2) is 134 Å². The van der Waals surface area contributed by atoms with Crippen molar-refractivity contribution < 1.29 is 13.6 Å². The molecule has 0 saturated heterocycles. The molecule has 7 aromatic rings. The van der Waals surface area contributed by atoms with Crippen LogP contribution in [0.5, 0.6) is 0 Å². The molecule has 0 aliphatic carbocycles. The maximum absolute atomic E-state index is 14.1. The molecule has 0 aliphatic heterocycles. The van der Waals surface area contributed by atoms with Gasteiger partial charge in [-0.2, -0.15) is 5.10 Å². The molecule has 0 bridgehead atoms. The van der Waals surface area contributed by atoms with Gasteiger partial charge in [-0.1, -0.05) is 112 Å². The Bertz CT molecular complexity index is 2170. The van der Waals surface area contributed by atoms with E-state index in [0.29, 0.717) is 31.4 Å². The number of hydrogen-bond acceptors (Lipinski definition) is 5. The second-order valence-corrected chi connectivity index (χ2v) is 18.0. The summed E-state index contributed by atoms with van der Waals surface area (Å²) in [5.74, 6) is 1.01. The average molecular weight is 696 g/mol. The molecule has 0 fully saturated rings. The smallest absolute Gasteiger partial charge is 0.261 e. The highest BCUT2D eigenvalue weighted by molar-refractivity contribution is 6.99. The van der Waals surface area contributed by atoms with Crippen molar-refractivity contribution in [1.29, 1.82) is 0 Å². The van der Waals surface area contributed by atoms with Crippen LogP contribution in [0.1, 0.15) is 33.0 Å². The van der Waals surface area contributed by atoms with Crippen LogP contribution in [0.4, 0.5) is 4.39 Å². The first kappa shape index (κ1) is 34.2. The van der Waals surface area contributed by atoms with E-state index in [4.69, 9.17) is 24.2 Å². The Kier molecular flexibility index (Phi) is 9.77. The van der Waals surface area contributed by atoms with Crippen molar-refractivity contribution in [2.24, 2.45) is 0 Å². The van der Waals surface area contributed by atoms with Crippen molar-refractivity contribution >= 4 is 29.7 Å². The van der Waals surface area contributed by atoms with E-state index in [1.807, 2.05) is 28.9 Å². The van der Waals surface area contributed by atoms with Crippen molar-refractivity contribution in [2.75, 3.05) is 13.7 Å². The lowest BCUT2D eigenvalue weighted by Crippen LogP contribution is -2.66. The van der Waals surface area contributed by atoms with E-state index in [1.165, 1.54) is 22.5 Å². The largest absolute Gasteiger partial charge is 0.407 e. The van der Waals surface area contributed by atoms with E-state index in [-0.39, 0.29) is 10.9 Å². The first-order chi connectivity index (χ1) is 24.8. The molecule has 0 radical (unpaired) electrons. The van der Waals surface area contributed by atoms with Gasteiger partial charge < -0.3 is 13.7 Å². The van der Waals surface area contributed by atoms with Gasteiger partial charge in [-0.3, -0.25) is 0 Å². The Morgan fingerprint density at radius 3 is 2.00 bits per heavy atom. The summed E-state index contributed by atoms with van der Waals surface area (Å²) in [6.45, 7) is 7.75. The second kappa shape index (κ2) is 14.6. The summed E-state index contributed by atoms with van der Waals surface area (Å²) in [6, 6.07) is 42.0. The Morgan fingerprint density at radius 1 is 0.765 bits per heavy atom. The van der Waals surface area contributed by atoms with Gasteiger partial charge in [0, 0.05) is 37.3 Å². The van der Waals surface area contributed by atoms with E-state index >= 15 is 0 Å². The van der Waals surface area contributed by atoms with Crippen molar-refractivity contribution in [1.82, 2.24) is 24.3 Å². The molecule has 0 spiro atoms. The van der Waals surface area contributed by atoms with Crippen LogP contribution in [-0.4, -0.2) is 46.3 Å². The third-order valence-corrected chi connectivity index (χ3v) is 14.4. The number of rotatable bonds is 12. The number of ether oxygens (including phenoxy) is 1. The molecule has 0 aliphatic rings. The highest BCUT2D eigenvalue weighted by atomic mass is 28.4. The van der Waals surface area contributed by atoms with Crippen molar-refractivity contribution in [3.05, 3.63) is 145 Å². The van der Waals surface area contributed by atoms with Crippen molar-refractivity contribution in [3.63, 3.8) is 0 Å². The molecule has 7 rings (SSSR count). The summed E-state index contributed by atoms with van der Waals surface area (Å²) in [6.07, 6.45) is 3.12. The van der Waals surface area contributed by atoms with E-state index in [2.05, 4.69) is 104 Å². The molecule has 4 aromatic carbocycles. The van der Waals surface area contributed by atoms with Crippen LogP contribution in [-0.2, 0) is 22.3 Å². The van der Waals surface area contributed by atoms with Gasteiger partial charge in [-0.05, 0) is 63.8 Å². The van der Waals surface area contributed by atoms with Gasteiger partial charge in [-0.15, -0.1) is 0 Å². The number of pyridine rings is 1. The summed E-state index contributed by atoms with van der Waals surface area (Å²) >= 11 is 0. The van der Waals surface area contributed by atoms with Crippen LogP contribution >= 0.6 is 0 Å². The average Bonchev–Trinajstić information content (AvgIpc) is 3.75. The van der Waals surface area contributed by atoms with Crippen molar-refractivity contribution in [2.45, 2.75) is 45.4 Å². The van der Waals surface area contributed by atoms with Crippen LogP contribution in [0.3, 0.4) is 0 Å². The summed E-state index contributed by atoms with van der Waals surface area (Å²) in [5.41, 5.74) is 4.40. The quantitative estimate of drug-likeness (QED) is 0.0953. The predicted octanol–water partition coefficient (Wildman–Crippen LogP) is 8.20. The molecule has 258 valence electrons. The Hall–Kier alpha value is -5.22. The van der Waals surface area contributed by atoms with Crippen molar-refractivity contribution in [3.8, 4) is 28.3 Å². The molecule has 0 unspecified atom stereocenters. The maximum Gasteiger partial charge on any atom is 0.261 e. The minimum atomic E-state index is -2.67. The molecule has 0 amide bonds. The van der Waals surface area contributed by atoms with Gasteiger partial charge in [0.1, 0.15) is 18.2 Å². The normalized spacial score (nSPS) is 12.1. The molecule has 3 heterocycles. The zero-order valence-corrected chi connectivity index (χ0v) is 30.5. The first-order valence-electron chi connectivity index (χ1n) is 17.3. The molecule has 0 saturated carbocycles. The maximum atomic E-state index is 14.1. The lowest BCUT2D eigenvalue weighted by atomic mass is 10.1. The number of aromatic nitrogens is 5. The number of hydrogen-bond donors (Lipinski definition) is 0. The number of methoxy groups -OCH3 is 1. The second-order valence-electron chi connectivity index (χ2n) is 13.7. The molecule has 0 N–H and O–H groups in total. The van der Waals surface area contributed by atoms with Crippen LogP contribution < -0.4 is 10.4 Å². The minimum Gasteiger partial charge on any atom is -0.407 e. The SMILES string of the molecule is COCn1c(-c2ccccc2)cc2c(-n3nc(CCCO[Si](c4ccccc4)(c4ccccc4)C(C)(C)C)nc3-c3ccc(F)cc3)ccnc21. The standard InChI is InChI=1S/C42H42FN5O2Si/c1-42(2,3)51(34-17-10-6-11-18-34,35-19-12-7-13-20-35)50-28-14-21-39-45-40(32-22-24-33(43)25-23-32)48(46-39)37-26-27-44-41-36(37)29-38(47(41)30-49-4)31-15-8-5-9-16-31/h5-13,15-20,22-27,29H,14,21,28,30H2,1-4H3. The van der Waals surface area contributed by atoms with Crippen LogP contribution in [0, 0.1) is 5.82 Å². The third-order valence-electron chi connectivity index (χ3n) is 9.36. The van der Waals surface area contributed by atoms with E-state index in [9.17, 15) is 4.39 Å². The minimum absolute atomic E-state index is 0.115. The summed E-state index contributed by atoms with van der Waals surface area (Å²) < 4.78 is 30.8. The Balaban J connectivity index is 1.25. The number of nitrogens with zero attached hydrogens (tertiary/aromatic N) is 5. The molecule has 51 heavy (non-hydrogen) atoms. The molecule has 9 heteroatoms. The van der Waals surface area contributed by atoms with Gasteiger partial charge >= 0.3 is 0 Å². The zero-order chi connectivity index (χ0) is 35.4. The fourth-order valence-corrected chi connectivity index (χ4v) is 11.7. The fourth-order valence-electron chi connectivity index (χ4n) is 7.06.